The molecule has 0 spiro atoms. The third-order valence-electron chi connectivity index (χ3n) is 8.59. The molecule has 3 heterocycles. The summed E-state index contributed by atoms with van der Waals surface area (Å²) in [4.78, 5) is 13.6. The van der Waals surface area contributed by atoms with E-state index in [1.165, 1.54) is 0 Å². The van der Waals surface area contributed by atoms with Gasteiger partial charge in [-0.1, -0.05) is 36.7 Å². The molecule has 1 aromatic heterocycles. The maximum absolute atomic E-state index is 16.8. The molecule has 2 fully saturated rings. The standard InChI is InChI=1S/C32H36ClFN4O3/c1-4-19-8-5-9-20-14-22(39)15-23(26(19)20)27-25(33)16-24-29(28(27)34)35-31(41-17-21-10-6-12-37(21)3)36-30(24)38-13-7-11-32(2,40)18-38/h5,8-9,14-16,21,39-40H,4,6-7,10-13,17-18H2,1-3H3/t21-,32?/m0/s1. The Balaban J connectivity index is 1.55. The SMILES string of the molecule is CCc1cccc2cc(O)cc(-c3c(Cl)cc4c(N5CCCC(C)(O)C5)nc(OC[C@@H]5CCCN5C)nc4c3F)c12. The van der Waals surface area contributed by atoms with Crippen LogP contribution in [0.5, 0.6) is 11.8 Å². The Morgan fingerprint density at radius 2 is 2.00 bits per heavy atom. The number of aromatic nitrogens is 2. The summed E-state index contributed by atoms with van der Waals surface area (Å²) < 4.78 is 22.9. The summed E-state index contributed by atoms with van der Waals surface area (Å²) in [6, 6.07) is 11.1. The highest BCUT2D eigenvalue weighted by Crippen LogP contribution is 2.44. The maximum atomic E-state index is 16.8. The Morgan fingerprint density at radius 3 is 2.73 bits per heavy atom. The molecule has 216 valence electrons. The van der Waals surface area contributed by atoms with Crippen molar-refractivity contribution in [2.45, 2.75) is 57.6 Å². The monoisotopic (exact) mass is 578 g/mol. The zero-order valence-electron chi connectivity index (χ0n) is 23.8. The van der Waals surface area contributed by atoms with E-state index >= 15 is 4.39 Å². The number of phenols is 1. The van der Waals surface area contributed by atoms with Gasteiger partial charge in [-0.2, -0.15) is 9.97 Å². The molecular weight excluding hydrogens is 543 g/mol. The maximum Gasteiger partial charge on any atom is 0.319 e. The second kappa shape index (κ2) is 10.9. The van der Waals surface area contributed by atoms with Crippen molar-refractivity contribution in [1.29, 1.82) is 0 Å². The van der Waals surface area contributed by atoms with Gasteiger partial charge in [0, 0.05) is 30.1 Å². The first-order chi connectivity index (χ1) is 19.6. The van der Waals surface area contributed by atoms with Crippen LogP contribution in [0.3, 0.4) is 0 Å². The fraction of sp³-hybridized carbons (Fsp3) is 0.438. The molecular formula is C32H36ClFN4O3. The first-order valence-corrected chi connectivity index (χ1v) is 14.8. The molecule has 2 aliphatic heterocycles. The Labute approximate surface area is 244 Å². The van der Waals surface area contributed by atoms with Crippen LogP contribution in [0.25, 0.3) is 32.8 Å². The van der Waals surface area contributed by atoms with Gasteiger partial charge in [0.05, 0.1) is 10.6 Å². The minimum Gasteiger partial charge on any atom is -0.508 e. The van der Waals surface area contributed by atoms with Crippen molar-refractivity contribution in [3.05, 3.63) is 52.8 Å². The van der Waals surface area contributed by atoms with Gasteiger partial charge < -0.3 is 24.7 Å². The average Bonchev–Trinajstić information content (AvgIpc) is 3.35. The van der Waals surface area contributed by atoms with Crippen LogP contribution >= 0.6 is 11.6 Å². The van der Waals surface area contributed by atoms with Gasteiger partial charge in [-0.15, -0.1) is 0 Å². The van der Waals surface area contributed by atoms with Gasteiger partial charge >= 0.3 is 6.01 Å². The molecule has 0 bridgehead atoms. The zero-order chi connectivity index (χ0) is 28.9. The van der Waals surface area contributed by atoms with Crippen LogP contribution in [-0.4, -0.2) is 70.0 Å². The largest absolute Gasteiger partial charge is 0.508 e. The summed E-state index contributed by atoms with van der Waals surface area (Å²) in [5.74, 6) is -0.0763. The molecule has 9 heteroatoms. The summed E-state index contributed by atoms with van der Waals surface area (Å²) in [7, 11) is 2.07. The molecule has 0 amide bonds. The van der Waals surface area contributed by atoms with Crippen molar-refractivity contribution >= 4 is 39.1 Å². The van der Waals surface area contributed by atoms with E-state index in [2.05, 4.69) is 16.9 Å². The fourth-order valence-electron chi connectivity index (χ4n) is 6.46. The molecule has 3 aromatic carbocycles. The van der Waals surface area contributed by atoms with Gasteiger partial charge in [-0.25, -0.2) is 4.39 Å². The first-order valence-electron chi connectivity index (χ1n) is 14.4. The molecule has 2 N–H and O–H groups in total. The number of β-amino-alcohol motifs (C(OH)–C–C–N with tert-alkyl or cyclic N) is 1. The van der Waals surface area contributed by atoms with Gasteiger partial charge in [0.15, 0.2) is 5.82 Å². The van der Waals surface area contributed by atoms with Crippen molar-refractivity contribution in [3.8, 4) is 22.9 Å². The van der Waals surface area contributed by atoms with Crippen LogP contribution < -0.4 is 9.64 Å². The molecule has 0 saturated carbocycles. The Morgan fingerprint density at radius 1 is 1.17 bits per heavy atom. The number of aliphatic hydroxyl groups is 1. The highest BCUT2D eigenvalue weighted by molar-refractivity contribution is 6.35. The number of piperidine rings is 1. The fourth-order valence-corrected chi connectivity index (χ4v) is 6.75. The number of phenolic OH excluding ortho intramolecular Hbond substituents is 1. The van der Waals surface area contributed by atoms with Gasteiger partial charge in [0.1, 0.15) is 23.7 Å². The Kier molecular flexibility index (Phi) is 7.42. The van der Waals surface area contributed by atoms with E-state index in [1.54, 1.807) is 25.1 Å². The number of nitrogens with zero attached hydrogens (tertiary/aromatic N) is 4. The number of ether oxygens (including phenoxy) is 1. The first kappa shape index (κ1) is 27.9. The lowest BCUT2D eigenvalue weighted by molar-refractivity contribution is 0.0447. The summed E-state index contributed by atoms with van der Waals surface area (Å²) >= 11 is 6.88. The van der Waals surface area contributed by atoms with Crippen LogP contribution in [0.2, 0.25) is 5.02 Å². The van der Waals surface area contributed by atoms with Crippen LogP contribution in [0.1, 0.15) is 45.1 Å². The number of halogens is 2. The summed E-state index contributed by atoms with van der Waals surface area (Å²) in [5.41, 5.74) is 0.912. The Bertz CT molecular complexity index is 1630. The molecule has 0 radical (unpaired) electrons. The second-order valence-electron chi connectivity index (χ2n) is 11.7. The van der Waals surface area contributed by atoms with E-state index in [0.29, 0.717) is 42.9 Å². The van der Waals surface area contributed by atoms with E-state index in [9.17, 15) is 10.2 Å². The second-order valence-corrected chi connectivity index (χ2v) is 12.2. The van der Waals surface area contributed by atoms with E-state index in [0.717, 1.165) is 48.6 Å². The van der Waals surface area contributed by atoms with E-state index in [4.69, 9.17) is 21.3 Å². The van der Waals surface area contributed by atoms with Gasteiger partial charge in [-0.3, -0.25) is 0 Å². The van der Waals surface area contributed by atoms with Crippen LogP contribution in [-0.2, 0) is 6.42 Å². The van der Waals surface area contributed by atoms with E-state index in [1.807, 2.05) is 30.0 Å². The number of hydrogen-bond donors (Lipinski definition) is 2. The number of anilines is 1. The molecule has 1 unspecified atom stereocenters. The molecule has 6 rings (SSSR count). The van der Waals surface area contributed by atoms with E-state index in [-0.39, 0.29) is 33.9 Å². The van der Waals surface area contributed by atoms with Crippen molar-refractivity contribution in [2.24, 2.45) is 0 Å². The highest BCUT2D eigenvalue weighted by Gasteiger charge is 2.32. The number of likely N-dealkylation sites (N-methyl/N-ethyl adjacent to an activating group) is 1. The molecule has 2 saturated heterocycles. The summed E-state index contributed by atoms with van der Waals surface area (Å²) in [5, 5.41) is 23.7. The lowest BCUT2D eigenvalue weighted by Gasteiger charge is -2.38. The molecule has 0 aliphatic carbocycles. The minimum atomic E-state index is -0.900. The minimum absolute atomic E-state index is 0.0277. The number of likely N-dealkylation sites (tertiary alicyclic amines) is 1. The lowest BCUT2D eigenvalue weighted by atomic mass is 9.92. The third kappa shape index (κ3) is 5.29. The number of hydrogen-bond acceptors (Lipinski definition) is 7. The highest BCUT2D eigenvalue weighted by atomic mass is 35.5. The van der Waals surface area contributed by atoms with Crippen LogP contribution in [0.15, 0.2) is 36.4 Å². The van der Waals surface area contributed by atoms with Gasteiger partial charge in [0.25, 0.3) is 0 Å². The summed E-state index contributed by atoms with van der Waals surface area (Å²) in [6.07, 6.45) is 4.30. The van der Waals surface area contributed by atoms with Crippen molar-refractivity contribution < 1.29 is 19.3 Å². The lowest BCUT2D eigenvalue weighted by Crippen LogP contribution is -2.46. The smallest absolute Gasteiger partial charge is 0.319 e. The number of aromatic hydroxyl groups is 1. The Hall–Kier alpha value is -3.20. The van der Waals surface area contributed by atoms with Crippen LogP contribution in [0.4, 0.5) is 10.2 Å². The predicted molar refractivity (Wildman–Crippen MR) is 162 cm³/mol. The molecule has 41 heavy (non-hydrogen) atoms. The zero-order valence-corrected chi connectivity index (χ0v) is 24.5. The van der Waals surface area contributed by atoms with Crippen molar-refractivity contribution in [3.63, 3.8) is 0 Å². The number of fused-ring (bicyclic) bond motifs is 2. The van der Waals surface area contributed by atoms with Gasteiger partial charge in [0.2, 0.25) is 0 Å². The van der Waals surface area contributed by atoms with E-state index < -0.39 is 11.4 Å². The normalized spacial score (nSPS) is 21.7. The topological polar surface area (TPSA) is 82.0 Å². The quantitative estimate of drug-likeness (QED) is 0.276. The molecule has 2 atom stereocenters. The average molecular weight is 579 g/mol. The summed E-state index contributed by atoms with van der Waals surface area (Å²) in [6.45, 7) is 6.27. The number of aryl methyl sites for hydroxylation is 1. The van der Waals surface area contributed by atoms with Crippen molar-refractivity contribution in [1.82, 2.24) is 14.9 Å². The van der Waals surface area contributed by atoms with Crippen molar-refractivity contribution in [2.75, 3.05) is 38.2 Å². The molecule has 7 nitrogen and oxygen atoms in total. The van der Waals surface area contributed by atoms with Gasteiger partial charge in [-0.05, 0) is 92.7 Å². The number of benzene rings is 3. The number of rotatable bonds is 6. The van der Waals surface area contributed by atoms with Crippen LogP contribution in [0, 0.1) is 5.82 Å². The molecule has 4 aromatic rings. The molecule has 2 aliphatic rings. The predicted octanol–water partition coefficient (Wildman–Crippen LogP) is 6.33. The third-order valence-corrected chi connectivity index (χ3v) is 8.89.